The van der Waals surface area contributed by atoms with Crippen LogP contribution in [0, 0.1) is 11.3 Å². The Morgan fingerprint density at radius 1 is 0.944 bits per heavy atom. The minimum atomic E-state index is 0.584. The maximum Gasteiger partial charge on any atom is 0.0991 e. The second-order valence-corrected chi connectivity index (χ2v) is 4.99. The lowest BCUT2D eigenvalue weighted by Gasteiger charge is -2.03. The lowest BCUT2D eigenvalue weighted by atomic mass is 10.2. The van der Waals surface area contributed by atoms with Gasteiger partial charge in [-0.3, -0.25) is 0 Å². The molecule has 0 saturated heterocycles. The molecule has 90 valence electrons. The molecular formula is C15H14N2S. The molecule has 0 amide bonds. The van der Waals surface area contributed by atoms with Crippen LogP contribution in [0.4, 0.5) is 0 Å². The largest absolute Gasteiger partial charge is 0.326 e. The van der Waals surface area contributed by atoms with Gasteiger partial charge in [-0.25, -0.2) is 0 Å². The van der Waals surface area contributed by atoms with Crippen LogP contribution >= 0.6 is 11.8 Å². The zero-order chi connectivity index (χ0) is 12.8. The second kappa shape index (κ2) is 6.25. The van der Waals surface area contributed by atoms with Crippen molar-refractivity contribution >= 4 is 11.8 Å². The minimum absolute atomic E-state index is 0.584. The number of thioether (sulfide) groups is 1. The monoisotopic (exact) mass is 254 g/mol. The van der Waals surface area contributed by atoms with E-state index in [1.54, 1.807) is 11.8 Å². The van der Waals surface area contributed by atoms with Gasteiger partial charge in [0, 0.05) is 17.2 Å². The van der Waals surface area contributed by atoms with Gasteiger partial charge >= 0.3 is 0 Å². The van der Waals surface area contributed by atoms with Crippen LogP contribution in [0.1, 0.15) is 16.7 Å². The van der Waals surface area contributed by atoms with Gasteiger partial charge in [0.2, 0.25) is 0 Å². The van der Waals surface area contributed by atoms with Gasteiger partial charge in [-0.05, 0) is 35.4 Å². The fourth-order valence-electron chi connectivity index (χ4n) is 1.56. The summed E-state index contributed by atoms with van der Waals surface area (Å²) < 4.78 is 0. The molecule has 0 aliphatic rings. The van der Waals surface area contributed by atoms with Crippen LogP contribution in [-0.2, 0) is 12.3 Å². The summed E-state index contributed by atoms with van der Waals surface area (Å²) in [5.74, 6) is 0.910. The number of nitrogens with zero attached hydrogens (tertiary/aromatic N) is 1. The molecule has 3 heteroatoms. The highest BCUT2D eigenvalue weighted by Gasteiger charge is 1.97. The van der Waals surface area contributed by atoms with E-state index in [0.29, 0.717) is 12.1 Å². The van der Waals surface area contributed by atoms with Gasteiger partial charge in [-0.1, -0.05) is 24.3 Å². The fourth-order valence-corrected chi connectivity index (χ4v) is 2.42. The summed E-state index contributed by atoms with van der Waals surface area (Å²) in [7, 11) is 0. The van der Waals surface area contributed by atoms with E-state index < -0.39 is 0 Å². The standard InChI is InChI=1S/C15H14N2S/c16-9-12-1-3-14(4-2-12)11-18-15-7-5-13(10-17)6-8-15/h1-8H,10-11,17H2. The molecule has 2 aromatic carbocycles. The molecule has 0 aliphatic heterocycles. The highest BCUT2D eigenvalue weighted by Crippen LogP contribution is 2.23. The predicted octanol–water partition coefficient (Wildman–Crippen LogP) is 3.31. The Labute approximate surface area is 111 Å². The van der Waals surface area contributed by atoms with E-state index in [2.05, 4.69) is 30.3 Å². The number of benzene rings is 2. The van der Waals surface area contributed by atoms with Crippen molar-refractivity contribution in [3.63, 3.8) is 0 Å². The molecule has 0 heterocycles. The van der Waals surface area contributed by atoms with E-state index in [-0.39, 0.29) is 0 Å². The average Bonchev–Trinajstić information content (AvgIpc) is 2.46. The number of nitriles is 1. The average molecular weight is 254 g/mol. The first-order chi connectivity index (χ1) is 8.81. The van der Waals surface area contributed by atoms with E-state index in [1.165, 1.54) is 10.5 Å². The van der Waals surface area contributed by atoms with Gasteiger partial charge < -0.3 is 5.73 Å². The van der Waals surface area contributed by atoms with Crippen molar-refractivity contribution in [3.8, 4) is 6.07 Å². The molecule has 2 rings (SSSR count). The van der Waals surface area contributed by atoms with Crippen LogP contribution in [0.25, 0.3) is 0 Å². The third kappa shape index (κ3) is 3.36. The van der Waals surface area contributed by atoms with E-state index in [4.69, 9.17) is 11.0 Å². The quantitative estimate of drug-likeness (QED) is 0.852. The summed E-state index contributed by atoms with van der Waals surface area (Å²) in [6.07, 6.45) is 0. The van der Waals surface area contributed by atoms with Gasteiger partial charge in [0.15, 0.2) is 0 Å². The molecule has 0 aromatic heterocycles. The summed E-state index contributed by atoms with van der Waals surface area (Å²) in [4.78, 5) is 1.23. The Morgan fingerprint density at radius 2 is 1.56 bits per heavy atom. The van der Waals surface area contributed by atoms with Crippen molar-refractivity contribution in [2.45, 2.75) is 17.2 Å². The van der Waals surface area contributed by atoms with Crippen molar-refractivity contribution in [1.82, 2.24) is 0 Å². The highest BCUT2D eigenvalue weighted by molar-refractivity contribution is 7.98. The van der Waals surface area contributed by atoms with E-state index in [1.807, 2.05) is 24.3 Å². The molecule has 0 unspecified atom stereocenters. The van der Waals surface area contributed by atoms with E-state index >= 15 is 0 Å². The van der Waals surface area contributed by atoms with Crippen molar-refractivity contribution in [2.75, 3.05) is 0 Å². The molecule has 2 N–H and O–H groups in total. The second-order valence-electron chi connectivity index (χ2n) is 3.95. The molecule has 0 saturated carbocycles. The van der Waals surface area contributed by atoms with Crippen molar-refractivity contribution < 1.29 is 0 Å². The first-order valence-electron chi connectivity index (χ1n) is 5.72. The highest BCUT2D eigenvalue weighted by atomic mass is 32.2. The third-order valence-corrected chi connectivity index (χ3v) is 3.73. The van der Waals surface area contributed by atoms with Gasteiger partial charge in [0.25, 0.3) is 0 Å². The first-order valence-corrected chi connectivity index (χ1v) is 6.71. The molecule has 2 aromatic rings. The summed E-state index contributed by atoms with van der Waals surface area (Å²) >= 11 is 1.78. The van der Waals surface area contributed by atoms with Crippen LogP contribution in [0.5, 0.6) is 0 Å². The lowest BCUT2D eigenvalue weighted by molar-refractivity contribution is 1.07. The zero-order valence-electron chi connectivity index (χ0n) is 9.97. The van der Waals surface area contributed by atoms with Crippen LogP contribution in [-0.4, -0.2) is 0 Å². The van der Waals surface area contributed by atoms with E-state index in [0.717, 1.165) is 11.3 Å². The van der Waals surface area contributed by atoms with Crippen LogP contribution in [0.2, 0.25) is 0 Å². The molecular weight excluding hydrogens is 240 g/mol. The molecule has 2 nitrogen and oxygen atoms in total. The fraction of sp³-hybridized carbons (Fsp3) is 0.133. The van der Waals surface area contributed by atoms with Crippen LogP contribution in [0.15, 0.2) is 53.4 Å². The lowest BCUT2D eigenvalue weighted by Crippen LogP contribution is -1.94. The molecule has 18 heavy (non-hydrogen) atoms. The topological polar surface area (TPSA) is 49.8 Å². The minimum Gasteiger partial charge on any atom is -0.326 e. The van der Waals surface area contributed by atoms with Crippen molar-refractivity contribution in [3.05, 3.63) is 65.2 Å². The summed E-state index contributed by atoms with van der Waals surface area (Å²) in [5, 5.41) is 8.72. The predicted molar refractivity (Wildman–Crippen MR) is 75.1 cm³/mol. The first kappa shape index (κ1) is 12.7. The van der Waals surface area contributed by atoms with Crippen LogP contribution < -0.4 is 5.73 Å². The van der Waals surface area contributed by atoms with Gasteiger partial charge in [-0.2, -0.15) is 5.26 Å². The van der Waals surface area contributed by atoms with Crippen molar-refractivity contribution in [1.29, 1.82) is 5.26 Å². The van der Waals surface area contributed by atoms with Gasteiger partial charge in [0.05, 0.1) is 11.6 Å². The SMILES string of the molecule is N#Cc1ccc(CSc2ccc(CN)cc2)cc1. The Balaban J connectivity index is 1.95. The molecule has 0 bridgehead atoms. The molecule has 0 fully saturated rings. The maximum atomic E-state index is 8.72. The smallest absolute Gasteiger partial charge is 0.0991 e. The van der Waals surface area contributed by atoms with Gasteiger partial charge in [0.1, 0.15) is 0 Å². The Hall–Kier alpha value is -1.76. The van der Waals surface area contributed by atoms with E-state index in [9.17, 15) is 0 Å². The third-order valence-electron chi connectivity index (χ3n) is 2.65. The van der Waals surface area contributed by atoms with Crippen molar-refractivity contribution in [2.24, 2.45) is 5.73 Å². The maximum absolute atomic E-state index is 8.72. The molecule has 0 spiro atoms. The summed E-state index contributed by atoms with van der Waals surface area (Å²) in [6, 6.07) is 18.1. The number of nitrogens with two attached hydrogens (primary N) is 1. The summed E-state index contributed by atoms with van der Waals surface area (Å²) in [6.45, 7) is 0.584. The summed E-state index contributed by atoms with van der Waals surface area (Å²) in [5.41, 5.74) is 8.64. The normalized spacial score (nSPS) is 10.0. The Morgan fingerprint density at radius 3 is 2.11 bits per heavy atom. The Kier molecular flexibility index (Phi) is 4.40. The van der Waals surface area contributed by atoms with Crippen LogP contribution in [0.3, 0.4) is 0 Å². The number of hydrogen-bond acceptors (Lipinski definition) is 3. The van der Waals surface area contributed by atoms with Gasteiger partial charge in [-0.15, -0.1) is 11.8 Å². The Bertz CT molecular complexity index is 538. The number of rotatable bonds is 4. The molecule has 0 radical (unpaired) electrons. The molecule has 0 atom stereocenters. The molecule has 0 aliphatic carbocycles. The zero-order valence-corrected chi connectivity index (χ0v) is 10.8. The number of hydrogen-bond donors (Lipinski definition) is 1.